The number of ether oxygens (including phenoxy) is 1. The van der Waals surface area contributed by atoms with Crippen molar-refractivity contribution >= 4 is 23.1 Å². The fourth-order valence-corrected chi connectivity index (χ4v) is 2.17. The van der Waals surface area contributed by atoms with Crippen LogP contribution in [0.15, 0.2) is 42.6 Å². The molecule has 0 bridgehead atoms. The molecule has 0 atom stereocenters. The van der Waals surface area contributed by atoms with Crippen LogP contribution in [0.5, 0.6) is 5.75 Å². The maximum Gasteiger partial charge on any atom is 0.159 e. The topological polar surface area (TPSA) is 51.5 Å². The Kier molecular flexibility index (Phi) is 3.43. The van der Waals surface area contributed by atoms with Gasteiger partial charge in [-0.15, -0.1) is 0 Å². The van der Waals surface area contributed by atoms with E-state index in [-0.39, 0.29) is 0 Å². The molecule has 2 aromatic heterocycles. The van der Waals surface area contributed by atoms with Gasteiger partial charge < -0.3 is 10.1 Å². The molecule has 6 heteroatoms. The molecule has 1 N–H and O–H groups in total. The Morgan fingerprint density at radius 2 is 2.20 bits per heavy atom. The van der Waals surface area contributed by atoms with Crippen molar-refractivity contribution in [3.63, 3.8) is 0 Å². The fraction of sp³-hybridized carbons (Fsp3) is 0.143. The zero-order valence-corrected chi connectivity index (χ0v) is 11.6. The van der Waals surface area contributed by atoms with Crippen LogP contribution in [0.4, 0.5) is 5.82 Å². The molecule has 20 heavy (non-hydrogen) atoms. The van der Waals surface area contributed by atoms with Gasteiger partial charge in [-0.05, 0) is 17.7 Å². The largest absolute Gasteiger partial charge is 0.497 e. The lowest BCUT2D eigenvalue weighted by Crippen LogP contribution is -2.06. The van der Waals surface area contributed by atoms with Crippen LogP contribution < -0.4 is 10.1 Å². The average Bonchev–Trinajstić information content (AvgIpc) is 2.93. The molecular weight excluding hydrogens is 276 g/mol. The number of hydrogen-bond acceptors (Lipinski definition) is 4. The van der Waals surface area contributed by atoms with E-state index < -0.39 is 0 Å². The van der Waals surface area contributed by atoms with Crippen LogP contribution in [0.3, 0.4) is 0 Å². The molecule has 0 spiro atoms. The van der Waals surface area contributed by atoms with Crippen LogP contribution in [0.1, 0.15) is 5.56 Å². The van der Waals surface area contributed by atoms with Crippen molar-refractivity contribution < 1.29 is 4.74 Å². The molecule has 1 aromatic carbocycles. The minimum absolute atomic E-state index is 0.436. The number of aromatic nitrogens is 3. The average molecular weight is 289 g/mol. The van der Waals surface area contributed by atoms with Crippen molar-refractivity contribution in [1.82, 2.24) is 14.6 Å². The van der Waals surface area contributed by atoms with Crippen LogP contribution in [0.2, 0.25) is 5.15 Å². The van der Waals surface area contributed by atoms with E-state index >= 15 is 0 Å². The maximum atomic E-state index is 6.00. The third-order valence-corrected chi connectivity index (χ3v) is 3.13. The number of nitrogens with one attached hydrogen (secondary N) is 1. The lowest BCUT2D eigenvalue weighted by molar-refractivity contribution is 0.414. The number of rotatable bonds is 4. The zero-order valence-electron chi connectivity index (χ0n) is 10.9. The Morgan fingerprint density at radius 3 is 3.05 bits per heavy atom. The van der Waals surface area contributed by atoms with Gasteiger partial charge in [0.1, 0.15) is 16.7 Å². The van der Waals surface area contributed by atoms with Crippen molar-refractivity contribution in [3.8, 4) is 5.75 Å². The van der Waals surface area contributed by atoms with Crippen LogP contribution in [-0.4, -0.2) is 21.7 Å². The Bertz CT molecular complexity index is 741. The Balaban J connectivity index is 1.84. The summed E-state index contributed by atoms with van der Waals surface area (Å²) in [4.78, 5) is 4.18. The minimum atomic E-state index is 0.436. The van der Waals surface area contributed by atoms with Gasteiger partial charge in [-0.2, -0.15) is 9.61 Å². The van der Waals surface area contributed by atoms with Gasteiger partial charge in [0.2, 0.25) is 0 Å². The van der Waals surface area contributed by atoms with E-state index in [1.165, 1.54) is 0 Å². The van der Waals surface area contributed by atoms with Crippen LogP contribution >= 0.6 is 11.6 Å². The molecule has 2 heterocycles. The van der Waals surface area contributed by atoms with Crippen molar-refractivity contribution in [3.05, 3.63) is 53.3 Å². The summed E-state index contributed by atoms with van der Waals surface area (Å²) in [5.74, 6) is 1.63. The molecule has 0 saturated heterocycles. The fourth-order valence-electron chi connectivity index (χ4n) is 1.98. The third kappa shape index (κ3) is 2.53. The summed E-state index contributed by atoms with van der Waals surface area (Å²) in [5, 5.41) is 7.95. The van der Waals surface area contributed by atoms with E-state index in [1.807, 2.05) is 30.3 Å². The summed E-state index contributed by atoms with van der Waals surface area (Å²) in [6, 6.07) is 11.4. The second-order valence-corrected chi connectivity index (χ2v) is 4.66. The molecule has 102 valence electrons. The second kappa shape index (κ2) is 5.38. The third-order valence-electron chi connectivity index (χ3n) is 2.94. The van der Waals surface area contributed by atoms with Crippen molar-refractivity contribution in [2.24, 2.45) is 0 Å². The lowest BCUT2D eigenvalue weighted by Gasteiger charge is -2.09. The second-order valence-electron chi connectivity index (χ2n) is 4.27. The molecule has 0 fully saturated rings. The highest BCUT2D eigenvalue weighted by Gasteiger charge is 2.05. The van der Waals surface area contributed by atoms with E-state index in [4.69, 9.17) is 16.3 Å². The van der Waals surface area contributed by atoms with Crippen molar-refractivity contribution in [2.75, 3.05) is 12.4 Å². The van der Waals surface area contributed by atoms with Crippen LogP contribution in [0, 0.1) is 0 Å². The molecule has 0 aliphatic carbocycles. The molecule has 0 unspecified atom stereocenters. The van der Waals surface area contributed by atoms with E-state index in [1.54, 1.807) is 23.9 Å². The Labute approximate surface area is 121 Å². The first-order valence-electron chi connectivity index (χ1n) is 6.13. The standard InChI is InChI=1S/C14H13ClN4O/c1-20-11-4-2-3-10(7-11)9-16-14-8-12(15)18-13-5-6-17-19(13)14/h2-8,16H,9H2,1H3. The monoisotopic (exact) mass is 288 g/mol. The van der Waals surface area contributed by atoms with E-state index in [0.717, 1.165) is 17.1 Å². The highest BCUT2D eigenvalue weighted by atomic mass is 35.5. The minimum Gasteiger partial charge on any atom is -0.497 e. The van der Waals surface area contributed by atoms with Gasteiger partial charge in [-0.25, -0.2) is 4.98 Å². The maximum absolute atomic E-state index is 6.00. The summed E-state index contributed by atoms with van der Waals surface area (Å²) >= 11 is 6.00. The van der Waals surface area contributed by atoms with Gasteiger partial charge in [0.05, 0.1) is 13.3 Å². The first kappa shape index (κ1) is 12.7. The van der Waals surface area contributed by atoms with Gasteiger partial charge in [-0.3, -0.25) is 0 Å². The molecule has 0 radical (unpaired) electrons. The van der Waals surface area contributed by atoms with Crippen LogP contribution in [-0.2, 0) is 6.54 Å². The van der Waals surface area contributed by atoms with Gasteiger partial charge in [0.25, 0.3) is 0 Å². The molecule has 0 saturated carbocycles. The molecule has 3 aromatic rings. The summed E-state index contributed by atoms with van der Waals surface area (Å²) in [6.07, 6.45) is 1.69. The quantitative estimate of drug-likeness (QED) is 0.750. The molecular formula is C14H13ClN4O. The van der Waals surface area contributed by atoms with Gasteiger partial charge in [0, 0.05) is 18.7 Å². The number of halogens is 1. The van der Waals surface area contributed by atoms with Crippen molar-refractivity contribution in [2.45, 2.75) is 6.54 Å². The molecule has 0 amide bonds. The predicted octanol–water partition coefficient (Wildman–Crippen LogP) is 3.00. The van der Waals surface area contributed by atoms with Crippen LogP contribution in [0.25, 0.3) is 5.65 Å². The van der Waals surface area contributed by atoms with E-state index in [9.17, 15) is 0 Å². The number of fused-ring (bicyclic) bond motifs is 1. The molecule has 5 nitrogen and oxygen atoms in total. The summed E-state index contributed by atoms with van der Waals surface area (Å²) in [5.41, 5.74) is 1.82. The summed E-state index contributed by atoms with van der Waals surface area (Å²) < 4.78 is 6.92. The first-order chi connectivity index (χ1) is 9.76. The highest BCUT2D eigenvalue weighted by Crippen LogP contribution is 2.18. The first-order valence-corrected chi connectivity index (χ1v) is 6.51. The number of anilines is 1. The van der Waals surface area contributed by atoms with Gasteiger partial charge in [0.15, 0.2) is 5.65 Å². The Hall–Kier alpha value is -2.27. The summed E-state index contributed by atoms with van der Waals surface area (Å²) in [6.45, 7) is 0.645. The van der Waals surface area contributed by atoms with Crippen molar-refractivity contribution in [1.29, 1.82) is 0 Å². The number of nitrogens with zero attached hydrogens (tertiary/aromatic N) is 3. The SMILES string of the molecule is COc1cccc(CNc2cc(Cl)nc3ccnn23)c1. The normalized spacial score (nSPS) is 10.7. The smallest absolute Gasteiger partial charge is 0.159 e. The molecule has 0 aliphatic heterocycles. The van der Waals surface area contributed by atoms with E-state index in [2.05, 4.69) is 15.4 Å². The van der Waals surface area contributed by atoms with Gasteiger partial charge in [-0.1, -0.05) is 23.7 Å². The van der Waals surface area contributed by atoms with E-state index in [0.29, 0.717) is 17.3 Å². The lowest BCUT2D eigenvalue weighted by atomic mass is 10.2. The molecule has 0 aliphatic rings. The highest BCUT2D eigenvalue weighted by molar-refractivity contribution is 6.29. The van der Waals surface area contributed by atoms with Gasteiger partial charge >= 0.3 is 0 Å². The number of methoxy groups -OCH3 is 1. The predicted molar refractivity (Wildman–Crippen MR) is 78.3 cm³/mol. The zero-order chi connectivity index (χ0) is 13.9. The molecule has 3 rings (SSSR count). The Morgan fingerprint density at radius 1 is 1.30 bits per heavy atom. The number of benzene rings is 1. The number of hydrogen-bond donors (Lipinski definition) is 1. The summed E-state index contributed by atoms with van der Waals surface area (Å²) in [7, 11) is 1.66.